The normalized spacial score (nSPS) is 11.3. The topological polar surface area (TPSA) is 22.1 Å². The largest absolute Gasteiger partial charge is 0.488 e. The first kappa shape index (κ1) is 12.6. The van der Waals surface area contributed by atoms with Gasteiger partial charge in [-0.05, 0) is 11.6 Å². The van der Waals surface area contributed by atoms with Gasteiger partial charge in [-0.3, -0.25) is 4.98 Å². The molecule has 2 nitrogen and oxygen atoms in total. The average Bonchev–Trinajstić information content (AvgIpc) is 2.37. The molecule has 18 heavy (non-hydrogen) atoms. The Morgan fingerprint density at radius 3 is 2.50 bits per heavy atom. The van der Waals surface area contributed by atoms with Crippen LogP contribution in [0.3, 0.4) is 0 Å². The minimum Gasteiger partial charge on any atom is -0.488 e. The first-order valence-corrected chi connectivity index (χ1v) is 6.11. The summed E-state index contributed by atoms with van der Waals surface area (Å²) in [5, 5.41) is 0. The number of pyridine rings is 1. The zero-order valence-electron chi connectivity index (χ0n) is 11.1. The van der Waals surface area contributed by atoms with Crippen LogP contribution in [-0.2, 0) is 12.0 Å². The van der Waals surface area contributed by atoms with E-state index in [4.69, 9.17) is 4.74 Å². The summed E-state index contributed by atoms with van der Waals surface area (Å²) in [6, 6.07) is 15.2. The fraction of sp³-hybridized carbons (Fsp3) is 0.312. The van der Waals surface area contributed by atoms with Crippen molar-refractivity contribution in [1.82, 2.24) is 4.98 Å². The van der Waals surface area contributed by atoms with E-state index in [1.165, 1.54) is 0 Å². The SMILES string of the molecule is CC(C)(C)c1[c]c(OCc2ccccc2)ccn1. The third-order valence-corrected chi connectivity index (χ3v) is 2.62. The second-order valence-electron chi connectivity index (χ2n) is 5.31. The van der Waals surface area contributed by atoms with Gasteiger partial charge in [0.1, 0.15) is 12.4 Å². The molecule has 0 bridgehead atoms. The minimum absolute atomic E-state index is 0.00782. The summed E-state index contributed by atoms with van der Waals surface area (Å²) in [4.78, 5) is 4.33. The first-order chi connectivity index (χ1) is 8.55. The lowest BCUT2D eigenvalue weighted by Gasteiger charge is -2.17. The van der Waals surface area contributed by atoms with E-state index in [2.05, 4.69) is 31.8 Å². The highest BCUT2D eigenvalue weighted by molar-refractivity contribution is 5.25. The Bertz CT molecular complexity index is 500. The molecule has 1 radical (unpaired) electrons. The molecule has 2 aromatic rings. The molecule has 0 aliphatic carbocycles. The van der Waals surface area contributed by atoms with E-state index < -0.39 is 0 Å². The number of hydrogen-bond acceptors (Lipinski definition) is 2. The van der Waals surface area contributed by atoms with E-state index in [-0.39, 0.29) is 5.41 Å². The standard InChI is InChI=1S/C16H18NO/c1-16(2,3)15-11-14(9-10-17-15)18-12-13-7-5-4-6-8-13/h4-10H,12H2,1-3H3. The molecule has 0 aliphatic rings. The molecule has 1 heterocycles. The van der Waals surface area contributed by atoms with Crippen LogP contribution in [0.4, 0.5) is 0 Å². The summed E-state index contributed by atoms with van der Waals surface area (Å²) in [6.45, 7) is 6.91. The molecule has 0 fully saturated rings. The van der Waals surface area contributed by atoms with Crippen molar-refractivity contribution in [3.8, 4) is 5.75 Å². The molecule has 0 aliphatic heterocycles. The van der Waals surface area contributed by atoms with Gasteiger partial charge < -0.3 is 4.74 Å². The molecule has 0 atom stereocenters. The van der Waals surface area contributed by atoms with Crippen LogP contribution in [0.2, 0.25) is 0 Å². The zero-order valence-corrected chi connectivity index (χ0v) is 11.1. The summed E-state index contributed by atoms with van der Waals surface area (Å²) < 4.78 is 5.73. The molecule has 0 N–H and O–H groups in total. The van der Waals surface area contributed by atoms with Gasteiger partial charge in [-0.1, -0.05) is 51.1 Å². The number of hydrogen-bond donors (Lipinski definition) is 0. The molecule has 0 saturated carbocycles. The summed E-state index contributed by atoms with van der Waals surface area (Å²) in [5.41, 5.74) is 2.07. The fourth-order valence-corrected chi connectivity index (χ4v) is 1.57. The molecular weight excluding hydrogens is 222 g/mol. The predicted octanol–water partition coefficient (Wildman–Crippen LogP) is 3.76. The summed E-state index contributed by atoms with van der Waals surface area (Å²) >= 11 is 0. The number of benzene rings is 1. The molecule has 1 aromatic heterocycles. The molecule has 0 saturated heterocycles. The smallest absolute Gasteiger partial charge is 0.131 e. The van der Waals surface area contributed by atoms with E-state index in [9.17, 15) is 0 Å². The van der Waals surface area contributed by atoms with Gasteiger partial charge in [-0.15, -0.1) is 0 Å². The molecule has 93 valence electrons. The van der Waals surface area contributed by atoms with Crippen LogP contribution < -0.4 is 4.74 Å². The molecule has 0 spiro atoms. The lowest BCUT2D eigenvalue weighted by atomic mass is 9.92. The Morgan fingerprint density at radius 1 is 1.11 bits per heavy atom. The van der Waals surface area contributed by atoms with E-state index >= 15 is 0 Å². The highest BCUT2D eigenvalue weighted by Crippen LogP contribution is 2.23. The maximum Gasteiger partial charge on any atom is 0.131 e. The van der Waals surface area contributed by atoms with Crippen LogP contribution in [0, 0.1) is 6.07 Å². The van der Waals surface area contributed by atoms with Gasteiger partial charge in [-0.2, -0.15) is 0 Å². The third-order valence-electron chi connectivity index (χ3n) is 2.62. The van der Waals surface area contributed by atoms with Gasteiger partial charge in [0.05, 0.1) is 11.8 Å². The van der Waals surface area contributed by atoms with E-state index in [0.29, 0.717) is 6.61 Å². The number of ether oxygens (including phenoxy) is 1. The maximum absolute atomic E-state index is 5.73. The van der Waals surface area contributed by atoms with Crippen molar-refractivity contribution in [1.29, 1.82) is 0 Å². The highest BCUT2D eigenvalue weighted by Gasteiger charge is 2.16. The lowest BCUT2D eigenvalue weighted by molar-refractivity contribution is 0.304. The maximum atomic E-state index is 5.73. The predicted molar refractivity (Wildman–Crippen MR) is 72.5 cm³/mol. The van der Waals surface area contributed by atoms with Gasteiger partial charge in [0.25, 0.3) is 0 Å². The molecule has 0 amide bonds. The first-order valence-electron chi connectivity index (χ1n) is 6.11. The number of nitrogens with zero attached hydrogens (tertiary/aromatic N) is 1. The molecule has 1 aromatic carbocycles. The summed E-state index contributed by atoms with van der Waals surface area (Å²) in [6.07, 6.45) is 1.78. The Kier molecular flexibility index (Phi) is 3.66. The van der Waals surface area contributed by atoms with Crippen molar-refractivity contribution in [2.75, 3.05) is 0 Å². The van der Waals surface area contributed by atoms with E-state index in [0.717, 1.165) is 17.0 Å². The van der Waals surface area contributed by atoms with E-state index in [1.807, 2.05) is 36.4 Å². The molecule has 2 rings (SSSR count). The Morgan fingerprint density at radius 2 is 1.83 bits per heavy atom. The van der Waals surface area contributed by atoms with Crippen molar-refractivity contribution < 1.29 is 4.74 Å². The lowest BCUT2D eigenvalue weighted by Crippen LogP contribution is -2.13. The molecular formula is C16H18NO. The van der Waals surface area contributed by atoms with Crippen LogP contribution in [0.1, 0.15) is 32.0 Å². The second-order valence-corrected chi connectivity index (χ2v) is 5.31. The van der Waals surface area contributed by atoms with Crippen molar-refractivity contribution in [2.45, 2.75) is 32.8 Å². The fourth-order valence-electron chi connectivity index (χ4n) is 1.57. The van der Waals surface area contributed by atoms with Crippen molar-refractivity contribution >= 4 is 0 Å². The van der Waals surface area contributed by atoms with Crippen molar-refractivity contribution in [3.05, 3.63) is 59.9 Å². The summed E-state index contributed by atoms with van der Waals surface area (Å²) in [5.74, 6) is 0.749. The Hall–Kier alpha value is -1.83. The third kappa shape index (κ3) is 3.33. The quantitative estimate of drug-likeness (QED) is 0.815. The molecule has 2 heteroatoms. The monoisotopic (exact) mass is 240 g/mol. The van der Waals surface area contributed by atoms with Crippen LogP contribution in [-0.4, -0.2) is 4.98 Å². The summed E-state index contributed by atoms with van der Waals surface area (Å²) in [7, 11) is 0. The van der Waals surface area contributed by atoms with Gasteiger partial charge >= 0.3 is 0 Å². The van der Waals surface area contributed by atoms with Gasteiger partial charge in [0.2, 0.25) is 0 Å². The van der Waals surface area contributed by atoms with Gasteiger partial charge in [-0.25, -0.2) is 0 Å². The van der Waals surface area contributed by atoms with E-state index in [1.54, 1.807) is 6.20 Å². The highest BCUT2D eigenvalue weighted by atomic mass is 16.5. The zero-order chi connectivity index (χ0) is 13.0. The van der Waals surface area contributed by atoms with Crippen LogP contribution in [0.5, 0.6) is 5.75 Å². The molecule has 0 unspecified atom stereocenters. The second kappa shape index (κ2) is 5.21. The van der Waals surface area contributed by atoms with Crippen LogP contribution >= 0.6 is 0 Å². The Balaban J connectivity index is 2.06. The van der Waals surface area contributed by atoms with Crippen LogP contribution in [0.25, 0.3) is 0 Å². The average molecular weight is 240 g/mol. The van der Waals surface area contributed by atoms with Crippen LogP contribution in [0.15, 0.2) is 42.6 Å². The van der Waals surface area contributed by atoms with Gasteiger partial charge in [0, 0.05) is 11.6 Å². The number of rotatable bonds is 3. The van der Waals surface area contributed by atoms with Crippen molar-refractivity contribution in [3.63, 3.8) is 0 Å². The van der Waals surface area contributed by atoms with Crippen molar-refractivity contribution in [2.24, 2.45) is 0 Å². The number of aromatic nitrogens is 1. The Labute approximate surface area is 109 Å². The minimum atomic E-state index is -0.00782. The van der Waals surface area contributed by atoms with Gasteiger partial charge in [0.15, 0.2) is 0 Å².